The Morgan fingerprint density at radius 2 is 2.21 bits per heavy atom. The van der Waals surface area contributed by atoms with Crippen LogP contribution in [0, 0.1) is 5.82 Å². The van der Waals surface area contributed by atoms with Gasteiger partial charge in [0.05, 0.1) is 6.61 Å². The lowest BCUT2D eigenvalue weighted by molar-refractivity contribution is -0.144. The molecule has 1 atom stereocenters. The van der Waals surface area contributed by atoms with E-state index >= 15 is 0 Å². The standard InChI is InChI=1S/C12H13FN2O4/c13-8-2-1-3-9(6-8)14-11(18)15-12(10(16)17)4-5-19-7-12/h1-3,6H,4-5,7H2,(H,16,17)(H2,14,15,18). The maximum absolute atomic E-state index is 12.9. The van der Waals surface area contributed by atoms with Gasteiger partial charge in [-0.15, -0.1) is 0 Å². The normalized spacial score (nSPS) is 21.9. The molecule has 0 aliphatic carbocycles. The highest BCUT2D eigenvalue weighted by Crippen LogP contribution is 2.19. The van der Waals surface area contributed by atoms with E-state index in [-0.39, 0.29) is 25.3 Å². The van der Waals surface area contributed by atoms with Crippen LogP contribution >= 0.6 is 0 Å². The Balaban J connectivity index is 2.02. The number of hydrogen-bond donors (Lipinski definition) is 3. The van der Waals surface area contributed by atoms with Crippen LogP contribution in [0.2, 0.25) is 0 Å². The number of carboxylic acid groups (broad SMARTS) is 1. The van der Waals surface area contributed by atoms with Crippen LogP contribution in [0.25, 0.3) is 0 Å². The smallest absolute Gasteiger partial charge is 0.332 e. The first-order valence-electron chi connectivity index (χ1n) is 5.68. The number of carbonyl (C=O) groups excluding carboxylic acids is 1. The fraction of sp³-hybridized carbons (Fsp3) is 0.333. The van der Waals surface area contributed by atoms with Crippen LogP contribution in [0.1, 0.15) is 6.42 Å². The number of benzene rings is 1. The van der Waals surface area contributed by atoms with Crippen molar-refractivity contribution in [3.8, 4) is 0 Å². The summed E-state index contributed by atoms with van der Waals surface area (Å²) < 4.78 is 17.9. The third-order valence-corrected chi connectivity index (χ3v) is 2.87. The Morgan fingerprint density at radius 3 is 2.79 bits per heavy atom. The Kier molecular flexibility index (Phi) is 3.66. The molecule has 1 heterocycles. The number of carboxylic acids is 1. The van der Waals surface area contributed by atoms with Crippen LogP contribution in [-0.2, 0) is 9.53 Å². The molecule has 1 saturated heterocycles. The molecule has 2 amide bonds. The number of rotatable bonds is 3. The zero-order valence-corrected chi connectivity index (χ0v) is 9.98. The van der Waals surface area contributed by atoms with Crippen LogP contribution < -0.4 is 10.6 Å². The molecular formula is C12H13FN2O4. The minimum Gasteiger partial charge on any atom is -0.479 e. The average molecular weight is 268 g/mol. The lowest BCUT2D eigenvalue weighted by Crippen LogP contribution is -2.56. The third kappa shape index (κ3) is 3.00. The van der Waals surface area contributed by atoms with Crippen molar-refractivity contribution >= 4 is 17.7 Å². The van der Waals surface area contributed by atoms with E-state index in [0.29, 0.717) is 0 Å². The minimum atomic E-state index is -1.42. The number of nitrogens with one attached hydrogen (secondary N) is 2. The topological polar surface area (TPSA) is 87.7 Å². The molecule has 0 aromatic heterocycles. The van der Waals surface area contributed by atoms with E-state index in [1.807, 2.05) is 0 Å². The van der Waals surface area contributed by atoms with Crippen LogP contribution in [0.4, 0.5) is 14.9 Å². The Labute approximate surface area is 108 Å². The number of aliphatic carboxylic acids is 1. The average Bonchev–Trinajstić information content (AvgIpc) is 2.78. The van der Waals surface area contributed by atoms with E-state index in [2.05, 4.69) is 10.6 Å². The lowest BCUT2D eigenvalue weighted by atomic mass is 9.99. The molecule has 102 valence electrons. The molecule has 7 heteroatoms. The summed E-state index contributed by atoms with van der Waals surface area (Å²) in [5, 5.41) is 13.9. The van der Waals surface area contributed by atoms with Gasteiger partial charge in [0.2, 0.25) is 0 Å². The van der Waals surface area contributed by atoms with Gasteiger partial charge in [0, 0.05) is 18.7 Å². The van der Waals surface area contributed by atoms with Crippen molar-refractivity contribution in [1.82, 2.24) is 5.32 Å². The zero-order valence-electron chi connectivity index (χ0n) is 9.98. The quantitative estimate of drug-likeness (QED) is 0.768. The van der Waals surface area contributed by atoms with E-state index in [0.717, 1.165) is 6.07 Å². The summed E-state index contributed by atoms with van der Waals surface area (Å²) in [5.41, 5.74) is -1.17. The Hall–Kier alpha value is -2.15. The van der Waals surface area contributed by atoms with E-state index in [1.54, 1.807) is 0 Å². The molecule has 2 rings (SSSR count). The van der Waals surface area contributed by atoms with Gasteiger partial charge >= 0.3 is 12.0 Å². The Morgan fingerprint density at radius 1 is 1.42 bits per heavy atom. The van der Waals surface area contributed by atoms with Crippen LogP contribution in [-0.4, -0.2) is 35.9 Å². The van der Waals surface area contributed by atoms with E-state index in [1.165, 1.54) is 18.2 Å². The second-order valence-electron chi connectivity index (χ2n) is 4.28. The van der Waals surface area contributed by atoms with E-state index < -0.39 is 23.4 Å². The summed E-state index contributed by atoms with van der Waals surface area (Å²) >= 11 is 0. The molecule has 19 heavy (non-hydrogen) atoms. The van der Waals surface area contributed by atoms with Gasteiger partial charge in [-0.3, -0.25) is 0 Å². The minimum absolute atomic E-state index is 0.0844. The summed E-state index contributed by atoms with van der Waals surface area (Å²) in [6, 6.07) is 4.61. The molecule has 1 fully saturated rings. The fourth-order valence-corrected chi connectivity index (χ4v) is 1.83. The maximum atomic E-state index is 12.9. The van der Waals surface area contributed by atoms with Crippen molar-refractivity contribution in [1.29, 1.82) is 0 Å². The molecule has 6 nitrogen and oxygen atoms in total. The SMILES string of the molecule is O=C(Nc1cccc(F)c1)NC1(C(=O)O)CCOC1. The highest BCUT2D eigenvalue weighted by atomic mass is 19.1. The van der Waals surface area contributed by atoms with Gasteiger partial charge in [-0.05, 0) is 18.2 Å². The first-order chi connectivity index (χ1) is 9.02. The Bertz CT molecular complexity index is 500. The zero-order chi connectivity index (χ0) is 13.9. The second kappa shape index (κ2) is 5.23. The van der Waals surface area contributed by atoms with Gasteiger partial charge in [-0.25, -0.2) is 14.0 Å². The highest BCUT2D eigenvalue weighted by molar-refractivity contribution is 5.94. The van der Waals surface area contributed by atoms with Crippen molar-refractivity contribution in [3.63, 3.8) is 0 Å². The molecule has 1 aliphatic heterocycles. The molecule has 1 aromatic carbocycles. The monoisotopic (exact) mass is 268 g/mol. The van der Waals surface area contributed by atoms with Crippen molar-refractivity contribution in [2.75, 3.05) is 18.5 Å². The molecule has 0 radical (unpaired) electrons. The largest absolute Gasteiger partial charge is 0.479 e. The highest BCUT2D eigenvalue weighted by Gasteiger charge is 2.44. The van der Waals surface area contributed by atoms with Crippen LogP contribution in [0.3, 0.4) is 0 Å². The predicted octanol–water partition coefficient (Wildman–Crippen LogP) is 1.19. The number of anilines is 1. The fourth-order valence-electron chi connectivity index (χ4n) is 1.83. The molecule has 3 N–H and O–H groups in total. The summed E-state index contributed by atoms with van der Waals surface area (Å²) in [6.45, 7) is 0.186. The van der Waals surface area contributed by atoms with Gasteiger partial charge in [-0.2, -0.15) is 0 Å². The number of hydrogen-bond acceptors (Lipinski definition) is 3. The maximum Gasteiger partial charge on any atom is 0.332 e. The number of carbonyl (C=O) groups is 2. The molecular weight excluding hydrogens is 255 g/mol. The van der Waals surface area contributed by atoms with Gasteiger partial charge < -0.3 is 20.5 Å². The number of ether oxygens (including phenoxy) is 1. The van der Waals surface area contributed by atoms with Crippen molar-refractivity contribution in [3.05, 3.63) is 30.1 Å². The summed E-state index contributed by atoms with van der Waals surface area (Å²) in [7, 11) is 0. The molecule has 1 aromatic rings. The third-order valence-electron chi connectivity index (χ3n) is 2.87. The van der Waals surface area contributed by atoms with Crippen molar-refractivity contribution in [2.45, 2.75) is 12.0 Å². The van der Waals surface area contributed by atoms with E-state index in [9.17, 15) is 14.0 Å². The first kappa shape index (κ1) is 13.3. The molecule has 0 spiro atoms. The number of halogens is 1. The predicted molar refractivity (Wildman–Crippen MR) is 64.4 cm³/mol. The summed E-state index contributed by atoms with van der Waals surface area (Å²) in [6.07, 6.45) is 0.193. The first-order valence-corrected chi connectivity index (χ1v) is 5.68. The second-order valence-corrected chi connectivity index (χ2v) is 4.28. The van der Waals surface area contributed by atoms with Gasteiger partial charge in [0.25, 0.3) is 0 Å². The number of amides is 2. The van der Waals surface area contributed by atoms with Crippen molar-refractivity contribution in [2.24, 2.45) is 0 Å². The lowest BCUT2D eigenvalue weighted by Gasteiger charge is -2.23. The molecule has 1 aliphatic rings. The van der Waals surface area contributed by atoms with Crippen LogP contribution in [0.15, 0.2) is 24.3 Å². The van der Waals surface area contributed by atoms with Gasteiger partial charge in [-0.1, -0.05) is 6.07 Å². The van der Waals surface area contributed by atoms with Crippen LogP contribution in [0.5, 0.6) is 0 Å². The van der Waals surface area contributed by atoms with Gasteiger partial charge in [0.1, 0.15) is 5.82 Å². The van der Waals surface area contributed by atoms with Crippen molar-refractivity contribution < 1.29 is 23.8 Å². The summed E-state index contributed by atoms with van der Waals surface area (Å²) in [4.78, 5) is 22.9. The number of urea groups is 1. The van der Waals surface area contributed by atoms with E-state index in [4.69, 9.17) is 9.84 Å². The molecule has 0 bridgehead atoms. The molecule has 1 unspecified atom stereocenters. The molecule has 0 saturated carbocycles. The van der Waals surface area contributed by atoms with Gasteiger partial charge in [0.15, 0.2) is 5.54 Å². The summed E-state index contributed by atoms with van der Waals surface area (Å²) in [5.74, 6) is -1.64.